The predicted molar refractivity (Wildman–Crippen MR) is 236 cm³/mol. The average molecular weight is 980 g/mol. The first-order valence-corrected chi connectivity index (χ1v) is 23.8. The molecule has 0 saturated carbocycles. The van der Waals surface area contributed by atoms with Gasteiger partial charge >= 0.3 is 27.5 Å². The van der Waals surface area contributed by atoms with Gasteiger partial charge in [0.05, 0.1) is 0 Å². The second kappa shape index (κ2) is 20.7. The van der Waals surface area contributed by atoms with E-state index in [1.165, 1.54) is 64.5 Å². The van der Waals surface area contributed by atoms with Gasteiger partial charge in [0.1, 0.15) is 0 Å². The fourth-order valence-electron chi connectivity index (χ4n) is 6.58. The van der Waals surface area contributed by atoms with Crippen molar-refractivity contribution in [2.45, 2.75) is 11.0 Å². The molecule has 0 saturated heterocycles. The van der Waals surface area contributed by atoms with Crippen molar-refractivity contribution in [3.63, 3.8) is 0 Å². The van der Waals surface area contributed by atoms with Crippen LogP contribution in [0.25, 0.3) is 32.7 Å². The molecule has 0 spiro atoms. The van der Waals surface area contributed by atoms with Crippen LogP contribution in [0.4, 0.5) is 26.3 Å². The number of rotatable bonds is 7. The molecule has 0 amide bonds. The van der Waals surface area contributed by atoms with Crippen LogP contribution >= 0.6 is 15.8 Å². The number of fused-ring (bicyclic) bond motifs is 2. The van der Waals surface area contributed by atoms with Crippen LogP contribution < -0.4 is 31.8 Å². The SMILES string of the molecule is O=S(=O)([O-])C(F)(F)F.O=S(=O)([O-])C(F)(F)F.[Ni+2].c1ccc(P(c2ccccc2)c2ccc3ccccc3c2-c2c(P(c3ccccc3)c3ccccc3)ccc3ccccc23)cc1. The van der Waals surface area contributed by atoms with Gasteiger partial charge in [0.15, 0.2) is 20.2 Å². The van der Waals surface area contributed by atoms with Gasteiger partial charge < -0.3 is 9.11 Å². The molecular weight excluding hydrogens is 947 g/mol. The molecule has 63 heavy (non-hydrogen) atoms. The predicted octanol–water partition coefficient (Wildman–Crippen LogP) is 9.28. The summed E-state index contributed by atoms with van der Waals surface area (Å²) in [5.74, 6) is 0. The van der Waals surface area contributed by atoms with Crippen LogP contribution in [0.15, 0.2) is 194 Å². The maximum atomic E-state index is 10.7. The van der Waals surface area contributed by atoms with Crippen LogP contribution in [0, 0.1) is 0 Å². The summed E-state index contributed by atoms with van der Waals surface area (Å²) in [5, 5.41) is 13.3. The van der Waals surface area contributed by atoms with E-state index in [4.69, 9.17) is 25.9 Å². The van der Waals surface area contributed by atoms with Gasteiger partial charge in [0.2, 0.25) is 0 Å². The second-order valence-electron chi connectivity index (χ2n) is 13.2. The van der Waals surface area contributed by atoms with Crippen LogP contribution in [-0.4, -0.2) is 37.0 Å². The summed E-state index contributed by atoms with van der Waals surface area (Å²) in [5.41, 5.74) is -8.59. The summed E-state index contributed by atoms with van der Waals surface area (Å²) in [6.07, 6.45) is 0. The molecule has 17 heteroatoms. The minimum Gasteiger partial charge on any atom is -0.741 e. The van der Waals surface area contributed by atoms with Crippen LogP contribution in [0.2, 0.25) is 0 Å². The molecule has 0 aliphatic carbocycles. The van der Waals surface area contributed by atoms with Gasteiger partial charge in [-0.15, -0.1) is 0 Å². The Bertz CT molecular complexity index is 2720. The van der Waals surface area contributed by atoms with Crippen LogP contribution in [0.3, 0.4) is 0 Å². The van der Waals surface area contributed by atoms with Gasteiger partial charge in [-0.25, -0.2) is 16.8 Å². The fourth-order valence-corrected chi connectivity index (χ4v) is 11.5. The van der Waals surface area contributed by atoms with Crippen molar-refractivity contribution >= 4 is 89.5 Å². The summed E-state index contributed by atoms with van der Waals surface area (Å²) in [4.78, 5) is 0. The van der Waals surface area contributed by atoms with E-state index in [-0.39, 0.29) is 16.5 Å². The van der Waals surface area contributed by atoms with Gasteiger partial charge in [-0.05, 0) is 80.3 Å². The molecule has 0 fully saturated rings. The van der Waals surface area contributed by atoms with Gasteiger partial charge in [0, 0.05) is 0 Å². The number of hydrogen-bond acceptors (Lipinski definition) is 6. The Morgan fingerprint density at radius 3 is 0.810 bits per heavy atom. The third kappa shape index (κ3) is 11.8. The normalized spacial score (nSPS) is 11.9. The summed E-state index contributed by atoms with van der Waals surface area (Å²) in [6.45, 7) is 0. The molecule has 0 aliphatic heterocycles. The maximum absolute atomic E-state index is 10.7. The molecule has 0 heterocycles. The molecule has 0 aliphatic rings. The number of halogens is 6. The Kier molecular flexibility index (Phi) is 16.1. The van der Waals surface area contributed by atoms with E-state index in [2.05, 4.69) is 194 Å². The van der Waals surface area contributed by atoms with Crippen molar-refractivity contribution < 1.29 is 68.8 Å². The van der Waals surface area contributed by atoms with Crippen molar-refractivity contribution in [2.75, 3.05) is 0 Å². The Morgan fingerprint density at radius 1 is 0.349 bits per heavy atom. The van der Waals surface area contributed by atoms with E-state index < -0.39 is 47.1 Å². The van der Waals surface area contributed by atoms with E-state index in [1.807, 2.05) is 0 Å². The van der Waals surface area contributed by atoms with E-state index in [9.17, 15) is 26.3 Å². The Hall–Kier alpha value is -4.97. The van der Waals surface area contributed by atoms with E-state index >= 15 is 0 Å². The molecule has 8 aromatic rings. The third-order valence-corrected chi connectivity index (χ3v) is 15.3. The minimum absolute atomic E-state index is 0. The largest absolute Gasteiger partial charge is 2.00 e. The molecule has 0 atom stereocenters. The average Bonchev–Trinajstić information content (AvgIpc) is 3.24. The Balaban J connectivity index is 0.000000377. The summed E-state index contributed by atoms with van der Waals surface area (Å²) < 4.78 is 118. The molecule has 8 aromatic carbocycles. The van der Waals surface area contributed by atoms with Gasteiger partial charge in [0.25, 0.3) is 0 Å². The number of alkyl halides is 6. The van der Waals surface area contributed by atoms with Crippen molar-refractivity contribution in [3.8, 4) is 11.1 Å². The van der Waals surface area contributed by atoms with Gasteiger partial charge in [-0.3, -0.25) is 0 Å². The molecule has 8 rings (SSSR count). The van der Waals surface area contributed by atoms with Crippen molar-refractivity contribution in [1.29, 1.82) is 0 Å². The van der Waals surface area contributed by atoms with Crippen LogP contribution in [-0.2, 0) is 36.7 Å². The fraction of sp³-hybridized carbons (Fsp3) is 0.0435. The molecule has 0 radical (unpaired) electrons. The first-order valence-electron chi connectivity index (χ1n) is 18.3. The first-order chi connectivity index (χ1) is 29.4. The molecule has 0 unspecified atom stereocenters. The molecule has 0 N–H and O–H groups in total. The van der Waals surface area contributed by atoms with Crippen LogP contribution in [0.1, 0.15) is 0 Å². The molecule has 0 bridgehead atoms. The topological polar surface area (TPSA) is 114 Å². The monoisotopic (exact) mass is 978 g/mol. The zero-order valence-corrected chi connectivity index (χ0v) is 36.6. The number of hydrogen-bond donors (Lipinski definition) is 0. The van der Waals surface area contributed by atoms with Crippen molar-refractivity contribution in [1.82, 2.24) is 0 Å². The Labute approximate surface area is 372 Å². The van der Waals surface area contributed by atoms with Crippen molar-refractivity contribution in [2.24, 2.45) is 0 Å². The second-order valence-corrected chi connectivity index (χ2v) is 20.3. The Morgan fingerprint density at radius 2 is 0.571 bits per heavy atom. The number of benzene rings is 8. The van der Waals surface area contributed by atoms with Crippen LogP contribution in [0.5, 0.6) is 0 Å². The summed E-state index contributed by atoms with van der Waals surface area (Å²) in [7, 11) is -13.9. The molecule has 6 nitrogen and oxygen atoms in total. The first kappa shape index (κ1) is 49.1. The van der Waals surface area contributed by atoms with Crippen molar-refractivity contribution in [3.05, 3.63) is 194 Å². The molecule has 0 aromatic heterocycles. The third-order valence-electron chi connectivity index (χ3n) is 9.17. The zero-order valence-electron chi connectivity index (χ0n) is 32.2. The maximum Gasteiger partial charge on any atom is 2.00 e. The smallest absolute Gasteiger partial charge is 0.741 e. The van der Waals surface area contributed by atoms with E-state index in [0.29, 0.717) is 0 Å². The zero-order chi connectivity index (χ0) is 44.7. The van der Waals surface area contributed by atoms with Gasteiger partial charge in [-0.1, -0.05) is 194 Å². The molecule has 326 valence electrons. The van der Waals surface area contributed by atoms with Gasteiger partial charge in [-0.2, -0.15) is 26.3 Å². The van der Waals surface area contributed by atoms with E-state index in [0.717, 1.165) is 0 Å². The minimum atomic E-state index is -6.09. The summed E-state index contributed by atoms with van der Waals surface area (Å²) >= 11 is 0. The standard InChI is InChI=1S/C44H32P2.2CHF3O3S.Ni/c1-5-19-35(20-6-1)45(36-21-7-2-8-22-36)41-31-29-33-17-13-15-27-39(33)43(41)44-40-28-16-14-18-34(40)30-32-42(44)46(37-23-9-3-10-24-37)38-25-11-4-12-26-38;2*2-1(3,4)8(5,6)7;/h1-32H;2*(H,5,6,7);/q;;;+2/p-2. The quantitative estimate of drug-likeness (QED) is 0.0518. The van der Waals surface area contributed by atoms with E-state index in [1.54, 1.807) is 0 Å². The molecular formula is C46H32F6NiO6P2S2. The summed E-state index contributed by atoms with van der Waals surface area (Å²) in [6, 6.07) is 71.8.